The molecule has 5 nitrogen and oxygen atoms in total. The van der Waals surface area contributed by atoms with Gasteiger partial charge in [0.25, 0.3) is 5.91 Å². The van der Waals surface area contributed by atoms with Crippen molar-refractivity contribution in [1.82, 2.24) is 5.32 Å². The fourth-order valence-corrected chi connectivity index (χ4v) is 3.02. The Morgan fingerprint density at radius 1 is 1.04 bits per heavy atom. The summed E-state index contributed by atoms with van der Waals surface area (Å²) in [6.07, 6.45) is 2.53. The summed E-state index contributed by atoms with van der Waals surface area (Å²) in [7, 11) is 1.66. The minimum Gasteiger partial charge on any atom is -0.385 e. The Hall–Kier alpha value is -2.66. The highest BCUT2D eigenvalue weighted by Crippen LogP contribution is 2.48. The van der Waals surface area contributed by atoms with Gasteiger partial charge in [-0.05, 0) is 49.1 Å². The summed E-state index contributed by atoms with van der Waals surface area (Å²) in [5.74, 6) is -0.0648. The number of hydrogen-bond donors (Lipinski definition) is 2. The van der Waals surface area contributed by atoms with Gasteiger partial charge in [0.15, 0.2) is 0 Å². The van der Waals surface area contributed by atoms with Gasteiger partial charge in [0.2, 0.25) is 5.91 Å². The molecule has 3 rings (SSSR count). The minimum absolute atomic E-state index is 0.0784. The number of carbonyl (C=O) groups is 2. The van der Waals surface area contributed by atoms with Crippen molar-refractivity contribution in [2.45, 2.75) is 24.7 Å². The first-order valence-electron chi connectivity index (χ1n) is 8.90. The number of nitrogens with one attached hydrogen (secondary N) is 2. The maximum atomic E-state index is 12.5. The Balaban J connectivity index is 1.60. The molecule has 136 valence electrons. The second-order valence-corrected chi connectivity index (χ2v) is 6.58. The van der Waals surface area contributed by atoms with Gasteiger partial charge in [-0.15, -0.1) is 0 Å². The number of carbonyl (C=O) groups excluding carboxylic acids is 2. The monoisotopic (exact) mass is 352 g/mol. The van der Waals surface area contributed by atoms with E-state index in [0.29, 0.717) is 18.7 Å². The van der Waals surface area contributed by atoms with Crippen molar-refractivity contribution in [2.24, 2.45) is 0 Å². The zero-order valence-corrected chi connectivity index (χ0v) is 15.0. The lowest BCUT2D eigenvalue weighted by molar-refractivity contribution is -0.123. The third kappa shape index (κ3) is 4.11. The number of benzene rings is 2. The fourth-order valence-electron chi connectivity index (χ4n) is 3.02. The van der Waals surface area contributed by atoms with Crippen LogP contribution in [0.3, 0.4) is 0 Å². The van der Waals surface area contributed by atoms with E-state index in [4.69, 9.17) is 4.74 Å². The van der Waals surface area contributed by atoms with Gasteiger partial charge in [0, 0.05) is 31.5 Å². The molecule has 26 heavy (non-hydrogen) atoms. The second kappa shape index (κ2) is 8.15. The van der Waals surface area contributed by atoms with Gasteiger partial charge in [-0.3, -0.25) is 9.59 Å². The second-order valence-electron chi connectivity index (χ2n) is 6.58. The van der Waals surface area contributed by atoms with Gasteiger partial charge in [-0.25, -0.2) is 0 Å². The molecule has 1 aliphatic rings. The Kier molecular flexibility index (Phi) is 5.68. The van der Waals surface area contributed by atoms with E-state index in [0.717, 1.165) is 30.5 Å². The average Bonchev–Trinajstić information content (AvgIpc) is 3.48. The Morgan fingerprint density at radius 3 is 2.35 bits per heavy atom. The van der Waals surface area contributed by atoms with E-state index in [1.807, 2.05) is 42.5 Å². The highest BCUT2D eigenvalue weighted by molar-refractivity contribution is 6.04. The molecule has 0 unspecified atom stereocenters. The summed E-state index contributed by atoms with van der Waals surface area (Å²) in [5.41, 5.74) is 1.93. The number of rotatable bonds is 8. The predicted molar refractivity (Wildman–Crippen MR) is 101 cm³/mol. The van der Waals surface area contributed by atoms with Gasteiger partial charge < -0.3 is 15.4 Å². The van der Waals surface area contributed by atoms with E-state index in [9.17, 15) is 9.59 Å². The molecular weight excluding hydrogens is 328 g/mol. The standard InChI is InChI=1S/C21H24N2O3/c1-26-15-5-14-22-20(25)21(12-13-21)17-8-10-18(11-9-17)23-19(24)16-6-3-2-4-7-16/h2-4,6-11H,5,12-15H2,1H3,(H,22,25)(H,23,24). The molecule has 0 saturated heterocycles. The summed E-state index contributed by atoms with van der Waals surface area (Å²) >= 11 is 0. The van der Waals surface area contributed by atoms with Crippen LogP contribution < -0.4 is 10.6 Å². The number of anilines is 1. The zero-order valence-electron chi connectivity index (χ0n) is 15.0. The molecule has 0 spiro atoms. The molecular formula is C21H24N2O3. The molecule has 0 aromatic heterocycles. The molecule has 0 heterocycles. The summed E-state index contributed by atoms with van der Waals surface area (Å²) in [4.78, 5) is 24.7. The molecule has 1 aliphatic carbocycles. The Morgan fingerprint density at radius 2 is 1.73 bits per heavy atom. The molecule has 0 bridgehead atoms. The first-order chi connectivity index (χ1) is 12.7. The van der Waals surface area contributed by atoms with Crippen LogP contribution in [-0.4, -0.2) is 32.1 Å². The van der Waals surface area contributed by atoms with Crippen molar-refractivity contribution in [3.05, 3.63) is 65.7 Å². The predicted octanol–water partition coefficient (Wildman–Crippen LogP) is 3.12. The molecule has 0 atom stereocenters. The van der Waals surface area contributed by atoms with Crippen LogP contribution in [-0.2, 0) is 14.9 Å². The molecule has 0 radical (unpaired) electrons. The van der Waals surface area contributed by atoms with Crippen LogP contribution in [0.4, 0.5) is 5.69 Å². The van der Waals surface area contributed by atoms with Crippen LogP contribution in [0.1, 0.15) is 35.2 Å². The topological polar surface area (TPSA) is 67.4 Å². The lowest BCUT2D eigenvalue weighted by atomic mass is 9.94. The van der Waals surface area contributed by atoms with Gasteiger partial charge in [-0.1, -0.05) is 30.3 Å². The van der Waals surface area contributed by atoms with Crippen molar-refractivity contribution >= 4 is 17.5 Å². The zero-order chi connectivity index (χ0) is 18.4. The Labute approximate surface area is 153 Å². The van der Waals surface area contributed by atoms with Crippen LogP contribution in [0.15, 0.2) is 54.6 Å². The van der Waals surface area contributed by atoms with E-state index in [1.165, 1.54) is 0 Å². The van der Waals surface area contributed by atoms with E-state index in [-0.39, 0.29) is 11.8 Å². The quantitative estimate of drug-likeness (QED) is 0.717. The van der Waals surface area contributed by atoms with Gasteiger partial charge in [-0.2, -0.15) is 0 Å². The first kappa shape index (κ1) is 18.1. The molecule has 1 saturated carbocycles. The largest absolute Gasteiger partial charge is 0.385 e. The van der Waals surface area contributed by atoms with Crippen molar-refractivity contribution in [3.8, 4) is 0 Å². The molecule has 1 fully saturated rings. The van der Waals surface area contributed by atoms with Crippen LogP contribution in [0, 0.1) is 0 Å². The van der Waals surface area contributed by atoms with E-state index >= 15 is 0 Å². The summed E-state index contributed by atoms with van der Waals surface area (Å²) in [6, 6.07) is 16.7. The third-order valence-electron chi connectivity index (χ3n) is 4.73. The third-order valence-corrected chi connectivity index (χ3v) is 4.73. The summed E-state index contributed by atoms with van der Waals surface area (Å²) < 4.78 is 5.00. The van der Waals surface area contributed by atoms with Gasteiger partial charge in [0.05, 0.1) is 5.41 Å². The van der Waals surface area contributed by atoms with E-state index in [2.05, 4.69) is 10.6 Å². The highest BCUT2D eigenvalue weighted by Gasteiger charge is 2.50. The van der Waals surface area contributed by atoms with E-state index < -0.39 is 5.41 Å². The maximum Gasteiger partial charge on any atom is 0.255 e. The van der Waals surface area contributed by atoms with Crippen LogP contribution in [0.2, 0.25) is 0 Å². The molecule has 5 heteroatoms. The smallest absolute Gasteiger partial charge is 0.255 e. The molecule has 0 aliphatic heterocycles. The van der Waals surface area contributed by atoms with Crippen molar-refractivity contribution in [3.63, 3.8) is 0 Å². The molecule has 2 amide bonds. The van der Waals surface area contributed by atoms with Crippen molar-refractivity contribution in [2.75, 3.05) is 25.6 Å². The van der Waals surface area contributed by atoms with Crippen molar-refractivity contribution in [1.29, 1.82) is 0 Å². The number of methoxy groups -OCH3 is 1. The van der Waals surface area contributed by atoms with Crippen LogP contribution >= 0.6 is 0 Å². The summed E-state index contributed by atoms with van der Waals surface area (Å²) in [6.45, 7) is 1.27. The summed E-state index contributed by atoms with van der Waals surface area (Å²) in [5, 5.41) is 5.88. The lowest BCUT2D eigenvalue weighted by Gasteiger charge is -2.16. The van der Waals surface area contributed by atoms with Gasteiger partial charge >= 0.3 is 0 Å². The average molecular weight is 352 g/mol. The first-order valence-corrected chi connectivity index (χ1v) is 8.90. The maximum absolute atomic E-state index is 12.5. The van der Waals surface area contributed by atoms with Crippen molar-refractivity contribution < 1.29 is 14.3 Å². The number of ether oxygens (including phenoxy) is 1. The number of amides is 2. The highest BCUT2D eigenvalue weighted by atomic mass is 16.5. The van der Waals surface area contributed by atoms with E-state index in [1.54, 1.807) is 19.2 Å². The van der Waals surface area contributed by atoms with Gasteiger partial charge in [0.1, 0.15) is 0 Å². The normalized spacial score (nSPS) is 14.5. The number of hydrogen-bond acceptors (Lipinski definition) is 3. The Bertz CT molecular complexity index is 753. The molecule has 2 aromatic carbocycles. The fraction of sp³-hybridized carbons (Fsp3) is 0.333. The minimum atomic E-state index is -0.408. The van der Waals surface area contributed by atoms with Crippen LogP contribution in [0.5, 0.6) is 0 Å². The lowest BCUT2D eigenvalue weighted by Crippen LogP contribution is -2.35. The van der Waals surface area contributed by atoms with Crippen LogP contribution in [0.25, 0.3) is 0 Å². The molecule has 2 aromatic rings. The molecule has 2 N–H and O–H groups in total. The SMILES string of the molecule is COCCCNC(=O)C1(c2ccc(NC(=O)c3ccccc3)cc2)CC1.